The van der Waals surface area contributed by atoms with Crippen molar-refractivity contribution in [1.82, 2.24) is 9.88 Å². The minimum Gasteiger partial charge on any atom is -0.477 e. The lowest BCUT2D eigenvalue weighted by Crippen LogP contribution is -2.49. The van der Waals surface area contributed by atoms with Crippen molar-refractivity contribution >= 4 is 22.6 Å². The van der Waals surface area contributed by atoms with Crippen LogP contribution in [0.5, 0.6) is 0 Å². The molecule has 128 valence electrons. The molecule has 0 spiro atoms. The van der Waals surface area contributed by atoms with Crippen molar-refractivity contribution in [3.8, 4) is 0 Å². The third-order valence-electron chi connectivity index (χ3n) is 3.66. The number of halogens is 1. The molecule has 0 saturated carbocycles. The van der Waals surface area contributed by atoms with Crippen LogP contribution in [0.25, 0.3) is 10.9 Å². The molecular weight excluding hydrogens is 313 g/mol. The minimum atomic E-state index is -3.15. The largest absolute Gasteiger partial charge is 0.477 e. The molecule has 7 heteroatoms. The Morgan fingerprint density at radius 2 is 2.33 bits per heavy atom. The van der Waals surface area contributed by atoms with Crippen LogP contribution < -0.4 is 15.6 Å². The van der Waals surface area contributed by atoms with Crippen molar-refractivity contribution in [3.05, 3.63) is 39.9 Å². The van der Waals surface area contributed by atoms with Gasteiger partial charge < -0.3 is 19.9 Å². The molecule has 2 heterocycles. The first-order valence-electron chi connectivity index (χ1n) is 10.7. The SMILES string of the molecule is [2H]C1([2H])NC([2H])(C)C([2H])([2H])N(c2cc3c(cc2F)c(=O)c(C(=O)O)cn3CC)C1([2H])[2H]. The predicted octanol–water partition coefficient (Wildman–Crippen LogP) is 1.66. The molecule has 2 aromatic rings. The maximum Gasteiger partial charge on any atom is 0.341 e. The summed E-state index contributed by atoms with van der Waals surface area (Å²) in [4.78, 5) is 24.1. The number of hydrogen-bond donors (Lipinski definition) is 2. The molecule has 1 saturated heterocycles. The summed E-state index contributed by atoms with van der Waals surface area (Å²) in [5, 5.41) is 10.9. The number of benzene rings is 1. The van der Waals surface area contributed by atoms with Crippen LogP contribution in [-0.2, 0) is 6.54 Å². The van der Waals surface area contributed by atoms with Crippen molar-refractivity contribution in [3.63, 3.8) is 0 Å². The Kier molecular flexibility index (Phi) is 2.54. The van der Waals surface area contributed by atoms with Crippen LogP contribution in [0, 0.1) is 5.82 Å². The van der Waals surface area contributed by atoms with Gasteiger partial charge in [-0.25, -0.2) is 9.18 Å². The number of aromatic nitrogens is 1. The Hall–Kier alpha value is -2.41. The van der Waals surface area contributed by atoms with E-state index < -0.39 is 54.0 Å². The quantitative estimate of drug-likeness (QED) is 0.889. The Balaban J connectivity index is 2.41. The lowest BCUT2D eigenvalue weighted by atomic mass is 10.1. The van der Waals surface area contributed by atoms with E-state index in [0.717, 1.165) is 19.2 Å². The molecular formula is C17H20FN3O3. The van der Waals surface area contributed by atoms with E-state index in [1.165, 1.54) is 4.57 Å². The van der Waals surface area contributed by atoms with E-state index in [4.69, 9.17) is 9.60 Å². The van der Waals surface area contributed by atoms with Gasteiger partial charge in [0, 0.05) is 47.7 Å². The monoisotopic (exact) mass is 340 g/mol. The second-order valence-corrected chi connectivity index (χ2v) is 5.22. The van der Waals surface area contributed by atoms with Gasteiger partial charge in [0.1, 0.15) is 11.4 Å². The average Bonchev–Trinajstić information content (AvgIpc) is 2.60. The summed E-state index contributed by atoms with van der Waals surface area (Å²) in [5.41, 5.74) is -2.27. The Bertz CT molecular complexity index is 1120. The topological polar surface area (TPSA) is 74.6 Å². The average molecular weight is 340 g/mol. The standard InChI is InChI=1S/C17H20FN3O3/c1-3-20-9-12(17(23)24)16(22)11-6-13(18)15(7-14(11)20)21-5-4-19-10(2)8-21/h6-7,9-10,19H,3-5,8H2,1-2H3,(H,23,24)/i4D2,5D2,8D2,10D. The summed E-state index contributed by atoms with van der Waals surface area (Å²) in [6.45, 7) is -6.26. The molecule has 6 nitrogen and oxygen atoms in total. The van der Waals surface area contributed by atoms with Gasteiger partial charge in [0.25, 0.3) is 0 Å². The smallest absolute Gasteiger partial charge is 0.341 e. The number of pyridine rings is 1. The lowest BCUT2D eigenvalue weighted by molar-refractivity contribution is 0.0695. The van der Waals surface area contributed by atoms with Gasteiger partial charge in [0.15, 0.2) is 0 Å². The number of carboxylic acid groups (broad SMARTS) is 1. The number of rotatable bonds is 3. The zero-order valence-electron chi connectivity index (χ0n) is 20.0. The van der Waals surface area contributed by atoms with Gasteiger partial charge in [-0.3, -0.25) is 4.79 Å². The van der Waals surface area contributed by atoms with E-state index in [9.17, 15) is 14.7 Å². The number of aromatic carboxylic acids is 1. The van der Waals surface area contributed by atoms with Crippen LogP contribution in [0.4, 0.5) is 10.1 Å². The van der Waals surface area contributed by atoms with E-state index in [0.29, 0.717) is 6.07 Å². The summed E-state index contributed by atoms with van der Waals surface area (Å²) in [6.07, 6.45) is 1.05. The second-order valence-electron chi connectivity index (χ2n) is 5.22. The van der Waals surface area contributed by atoms with Crippen molar-refractivity contribution in [2.45, 2.75) is 26.4 Å². The summed E-state index contributed by atoms with van der Waals surface area (Å²) >= 11 is 0. The molecule has 1 fully saturated rings. The van der Waals surface area contributed by atoms with E-state index in [1.807, 2.05) is 5.32 Å². The number of carboxylic acids is 1. The second kappa shape index (κ2) is 6.24. The number of anilines is 1. The normalized spacial score (nSPS) is 31.8. The number of nitrogens with one attached hydrogen (secondary N) is 1. The molecule has 0 aliphatic carbocycles. The summed E-state index contributed by atoms with van der Waals surface area (Å²) in [5.74, 6) is -2.78. The summed E-state index contributed by atoms with van der Waals surface area (Å²) < 4.78 is 73.7. The molecule has 0 amide bonds. The van der Waals surface area contributed by atoms with E-state index in [2.05, 4.69) is 0 Å². The van der Waals surface area contributed by atoms with Gasteiger partial charge in [-0.15, -0.1) is 0 Å². The van der Waals surface area contributed by atoms with Crippen LogP contribution in [0.1, 0.15) is 33.8 Å². The Morgan fingerprint density at radius 1 is 1.58 bits per heavy atom. The fourth-order valence-electron chi connectivity index (χ4n) is 2.51. The van der Waals surface area contributed by atoms with Crippen LogP contribution in [0.15, 0.2) is 23.1 Å². The molecule has 0 radical (unpaired) electrons. The predicted molar refractivity (Wildman–Crippen MR) is 90.5 cm³/mol. The minimum absolute atomic E-state index is 0.00581. The van der Waals surface area contributed by atoms with E-state index in [1.54, 1.807) is 6.92 Å². The first-order chi connectivity index (χ1) is 14.0. The lowest BCUT2D eigenvalue weighted by Gasteiger charge is -2.34. The number of fused-ring (bicyclic) bond motifs is 1. The van der Waals surface area contributed by atoms with E-state index >= 15 is 4.39 Å². The van der Waals surface area contributed by atoms with Gasteiger partial charge in [-0.2, -0.15) is 0 Å². The van der Waals surface area contributed by atoms with Gasteiger partial charge >= 0.3 is 5.97 Å². The van der Waals surface area contributed by atoms with Gasteiger partial charge in [-0.1, -0.05) is 0 Å². The molecule has 3 rings (SSSR count). The molecule has 1 unspecified atom stereocenters. The molecule has 1 aliphatic rings. The maximum atomic E-state index is 15.2. The number of nitrogens with zero attached hydrogens (tertiary/aromatic N) is 2. The molecule has 1 aliphatic heterocycles. The highest BCUT2D eigenvalue weighted by atomic mass is 19.1. The fraction of sp³-hybridized carbons (Fsp3) is 0.412. The number of aryl methyl sites for hydroxylation is 1. The zero-order valence-corrected chi connectivity index (χ0v) is 13.0. The highest BCUT2D eigenvalue weighted by Crippen LogP contribution is 2.26. The van der Waals surface area contributed by atoms with E-state index in [-0.39, 0.29) is 22.3 Å². The Labute approximate surface area is 148 Å². The van der Waals surface area contributed by atoms with Crippen LogP contribution in [0.3, 0.4) is 0 Å². The van der Waals surface area contributed by atoms with Crippen LogP contribution >= 0.6 is 0 Å². The summed E-state index contributed by atoms with van der Waals surface area (Å²) in [6, 6.07) is -0.744. The number of piperazine rings is 1. The molecule has 2 N–H and O–H groups in total. The van der Waals surface area contributed by atoms with Gasteiger partial charge in [-0.05, 0) is 26.0 Å². The molecule has 1 aromatic heterocycles. The number of carbonyl (C=O) groups is 1. The molecule has 24 heavy (non-hydrogen) atoms. The van der Waals surface area contributed by atoms with Crippen molar-refractivity contribution in [1.29, 1.82) is 0 Å². The highest BCUT2D eigenvalue weighted by Gasteiger charge is 2.22. The Morgan fingerprint density at radius 3 is 3.00 bits per heavy atom. The van der Waals surface area contributed by atoms with Gasteiger partial charge in [0.2, 0.25) is 5.43 Å². The van der Waals surface area contributed by atoms with Crippen molar-refractivity contribution < 1.29 is 23.9 Å². The molecule has 0 bridgehead atoms. The van der Waals surface area contributed by atoms with Crippen LogP contribution in [0.2, 0.25) is 0 Å². The number of hydrogen-bond acceptors (Lipinski definition) is 4. The van der Waals surface area contributed by atoms with Crippen molar-refractivity contribution in [2.75, 3.05) is 24.4 Å². The highest BCUT2D eigenvalue weighted by molar-refractivity contribution is 5.93. The first-order valence-corrected chi connectivity index (χ1v) is 7.19. The maximum absolute atomic E-state index is 15.2. The third-order valence-corrected chi connectivity index (χ3v) is 3.66. The van der Waals surface area contributed by atoms with Crippen molar-refractivity contribution in [2.24, 2.45) is 0 Å². The third kappa shape index (κ3) is 2.75. The molecule has 1 atom stereocenters. The summed E-state index contributed by atoms with van der Waals surface area (Å²) in [7, 11) is 0. The fourth-order valence-corrected chi connectivity index (χ4v) is 2.51. The first kappa shape index (κ1) is 9.78. The zero-order chi connectivity index (χ0) is 23.7. The van der Waals surface area contributed by atoms with Crippen LogP contribution in [-0.4, -0.2) is 41.2 Å². The molecule has 1 aromatic carbocycles. The van der Waals surface area contributed by atoms with Gasteiger partial charge in [0.05, 0.1) is 16.7 Å².